The van der Waals surface area contributed by atoms with E-state index in [1.54, 1.807) is 0 Å². The lowest BCUT2D eigenvalue weighted by molar-refractivity contribution is 0.156. The highest BCUT2D eigenvalue weighted by molar-refractivity contribution is 5.21. The van der Waals surface area contributed by atoms with Crippen molar-refractivity contribution in [2.45, 2.75) is 33.2 Å². The van der Waals surface area contributed by atoms with Gasteiger partial charge in [0.25, 0.3) is 0 Å². The molecule has 1 saturated carbocycles. The fraction of sp³-hybridized carbons (Fsp3) is 0.667. The lowest BCUT2D eigenvalue weighted by Gasteiger charge is -2.38. The lowest BCUT2D eigenvalue weighted by atomic mass is 9.80. The molecule has 0 bridgehead atoms. The minimum Gasteiger partial charge on any atom is -0.313 e. The monoisotopic (exact) mass is 274 g/mol. The van der Waals surface area contributed by atoms with Crippen molar-refractivity contribution >= 4 is 0 Å². The van der Waals surface area contributed by atoms with Crippen LogP contribution in [0, 0.1) is 17.3 Å². The van der Waals surface area contributed by atoms with Gasteiger partial charge in [0.05, 0.1) is 0 Å². The zero-order valence-corrected chi connectivity index (χ0v) is 13.7. The number of nitrogens with zero attached hydrogens (tertiary/aromatic N) is 1. The summed E-state index contributed by atoms with van der Waals surface area (Å²) in [5.41, 5.74) is 1.59. The van der Waals surface area contributed by atoms with Crippen LogP contribution in [0.3, 0.4) is 0 Å². The molecule has 1 aliphatic carbocycles. The molecular formula is C18H30N2. The van der Waals surface area contributed by atoms with Crippen molar-refractivity contribution in [2.75, 3.05) is 27.2 Å². The van der Waals surface area contributed by atoms with Crippen molar-refractivity contribution in [3.63, 3.8) is 0 Å². The molecule has 0 spiro atoms. The predicted octanol–water partition coefficient (Wildman–Crippen LogP) is 3.56. The standard InChI is InChI=1S/C18H30N2/c1-14-11-16(14)12-20(5)13-18(2,3)17(19-4)15-9-7-6-8-10-15/h6-10,14,16-17,19H,11-13H2,1-5H3. The van der Waals surface area contributed by atoms with Gasteiger partial charge >= 0.3 is 0 Å². The van der Waals surface area contributed by atoms with E-state index in [1.165, 1.54) is 18.5 Å². The Labute approximate surface area is 124 Å². The molecular weight excluding hydrogens is 244 g/mol. The van der Waals surface area contributed by atoms with E-state index < -0.39 is 0 Å². The van der Waals surface area contributed by atoms with Gasteiger partial charge in [-0.25, -0.2) is 0 Å². The van der Waals surface area contributed by atoms with E-state index in [-0.39, 0.29) is 5.41 Å². The quantitative estimate of drug-likeness (QED) is 0.818. The van der Waals surface area contributed by atoms with Gasteiger partial charge in [0.1, 0.15) is 0 Å². The second kappa shape index (κ2) is 6.28. The first-order valence-electron chi connectivity index (χ1n) is 7.85. The topological polar surface area (TPSA) is 15.3 Å². The minimum absolute atomic E-state index is 0.211. The molecule has 0 aromatic heterocycles. The summed E-state index contributed by atoms with van der Waals surface area (Å²) in [5.74, 6) is 1.87. The van der Waals surface area contributed by atoms with Crippen LogP contribution in [-0.2, 0) is 0 Å². The van der Waals surface area contributed by atoms with Crippen molar-refractivity contribution in [2.24, 2.45) is 17.3 Å². The molecule has 0 aliphatic heterocycles. The Kier molecular flexibility index (Phi) is 4.87. The van der Waals surface area contributed by atoms with Crippen molar-refractivity contribution < 1.29 is 0 Å². The van der Waals surface area contributed by atoms with Gasteiger partial charge in [-0.1, -0.05) is 51.1 Å². The van der Waals surface area contributed by atoms with Gasteiger partial charge in [-0.05, 0) is 43.3 Å². The van der Waals surface area contributed by atoms with Crippen LogP contribution >= 0.6 is 0 Å². The van der Waals surface area contributed by atoms with Crippen LogP contribution in [0.15, 0.2) is 30.3 Å². The van der Waals surface area contributed by atoms with E-state index in [9.17, 15) is 0 Å². The second-order valence-electron chi connectivity index (χ2n) is 7.29. The van der Waals surface area contributed by atoms with Gasteiger partial charge in [0.15, 0.2) is 0 Å². The Hall–Kier alpha value is -0.860. The summed E-state index contributed by atoms with van der Waals surface area (Å²) in [7, 11) is 4.34. The zero-order chi connectivity index (χ0) is 14.8. The summed E-state index contributed by atoms with van der Waals surface area (Å²) in [6, 6.07) is 11.2. The fourth-order valence-corrected chi connectivity index (χ4v) is 3.56. The van der Waals surface area contributed by atoms with Crippen molar-refractivity contribution in [1.82, 2.24) is 10.2 Å². The van der Waals surface area contributed by atoms with Crippen LogP contribution in [0.4, 0.5) is 0 Å². The van der Waals surface area contributed by atoms with Gasteiger partial charge < -0.3 is 10.2 Å². The van der Waals surface area contributed by atoms with E-state index in [0.29, 0.717) is 6.04 Å². The second-order valence-corrected chi connectivity index (χ2v) is 7.29. The smallest absolute Gasteiger partial charge is 0.0381 e. The highest BCUT2D eigenvalue weighted by Crippen LogP contribution is 2.39. The first-order chi connectivity index (χ1) is 9.44. The van der Waals surface area contributed by atoms with Gasteiger partial charge in [-0.15, -0.1) is 0 Å². The maximum Gasteiger partial charge on any atom is 0.0381 e. The number of rotatable bonds is 7. The van der Waals surface area contributed by atoms with E-state index in [0.717, 1.165) is 18.4 Å². The van der Waals surface area contributed by atoms with Crippen LogP contribution in [0.25, 0.3) is 0 Å². The lowest BCUT2D eigenvalue weighted by Crippen LogP contribution is -2.41. The molecule has 3 atom stereocenters. The van der Waals surface area contributed by atoms with E-state index in [1.807, 2.05) is 0 Å². The van der Waals surface area contributed by atoms with Gasteiger partial charge in [0, 0.05) is 19.1 Å². The molecule has 20 heavy (non-hydrogen) atoms. The summed E-state index contributed by atoms with van der Waals surface area (Å²) in [4.78, 5) is 2.52. The Morgan fingerprint density at radius 2 is 1.90 bits per heavy atom. The van der Waals surface area contributed by atoms with Crippen molar-refractivity contribution in [3.8, 4) is 0 Å². The SMILES string of the molecule is CNC(c1ccccc1)C(C)(C)CN(C)CC1CC1C. The maximum absolute atomic E-state index is 3.52. The van der Waals surface area contributed by atoms with Gasteiger partial charge in [-0.2, -0.15) is 0 Å². The Morgan fingerprint density at radius 3 is 2.40 bits per heavy atom. The summed E-state index contributed by atoms with van der Waals surface area (Å²) < 4.78 is 0. The molecule has 112 valence electrons. The molecule has 1 fully saturated rings. The number of benzene rings is 1. The summed E-state index contributed by atoms with van der Waals surface area (Å²) >= 11 is 0. The number of hydrogen-bond donors (Lipinski definition) is 1. The average molecular weight is 274 g/mol. The summed E-state index contributed by atoms with van der Waals surface area (Å²) in [5, 5.41) is 3.52. The third kappa shape index (κ3) is 3.83. The molecule has 0 saturated heterocycles. The first-order valence-corrected chi connectivity index (χ1v) is 7.85. The zero-order valence-electron chi connectivity index (χ0n) is 13.7. The third-order valence-electron chi connectivity index (χ3n) is 4.70. The molecule has 3 unspecified atom stereocenters. The Balaban J connectivity index is 1.99. The Morgan fingerprint density at radius 1 is 1.30 bits per heavy atom. The molecule has 1 aliphatic rings. The summed E-state index contributed by atoms with van der Waals surface area (Å²) in [6.45, 7) is 9.47. The van der Waals surface area contributed by atoms with E-state index in [4.69, 9.17) is 0 Å². The average Bonchev–Trinajstić information content (AvgIpc) is 3.05. The van der Waals surface area contributed by atoms with Crippen molar-refractivity contribution in [3.05, 3.63) is 35.9 Å². The van der Waals surface area contributed by atoms with Crippen LogP contribution in [0.5, 0.6) is 0 Å². The predicted molar refractivity (Wildman–Crippen MR) is 86.8 cm³/mol. The molecule has 0 amide bonds. The maximum atomic E-state index is 3.52. The molecule has 1 aromatic rings. The van der Waals surface area contributed by atoms with E-state index in [2.05, 4.69) is 75.4 Å². The molecule has 1 aromatic carbocycles. The first kappa shape index (κ1) is 15.5. The third-order valence-corrected chi connectivity index (χ3v) is 4.70. The molecule has 0 radical (unpaired) electrons. The Bertz CT molecular complexity index is 413. The fourth-order valence-electron chi connectivity index (χ4n) is 3.56. The molecule has 0 heterocycles. The number of hydrogen-bond acceptors (Lipinski definition) is 2. The molecule has 2 nitrogen and oxygen atoms in total. The highest BCUT2D eigenvalue weighted by Gasteiger charge is 2.36. The van der Waals surface area contributed by atoms with Gasteiger partial charge in [0.2, 0.25) is 0 Å². The van der Waals surface area contributed by atoms with Crippen LogP contribution in [0.1, 0.15) is 38.8 Å². The highest BCUT2D eigenvalue weighted by atomic mass is 15.1. The normalized spacial score (nSPS) is 23.9. The van der Waals surface area contributed by atoms with Crippen molar-refractivity contribution in [1.29, 1.82) is 0 Å². The molecule has 1 N–H and O–H groups in total. The van der Waals surface area contributed by atoms with Crippen LogP contribution < -0.4 is 5.32 Å². The molecule has 2 heteroatoms. The van der Waals surface area contributed by atoms with Gasteiger partial charge in [-0.3, -0.25) is 0 Å². The van der Waals surface area contributed by atoms with E-state index >= 15 is 0 Å². The van der Waals surface area contributed by atoms with Crippen LogP contribution in [-0.4, -0.2) is 32.1 Å². The molecule has 2 rings (SSSR count). The minimum atomic E-state index is 0.211. The van der Waals surface area contributed by atoms with Crippen LogP contribution in [0.2, 0.25) is 0 Å². The summed E-state index contributed by atoms with van der Waals surface area (Å²) in [6.07, 6.45) is 1.42. The number of nitrogens with one attached hydrogen (secondary N) is 1. The largest absolute Gasteiger partial charge is 0.313 e.